The Labute approximate surface area is 210 Å². The number of rotatable bonds is 9. The van der Waals surface area contributed by atoms with Gasteiger partial charge in [-0.25, -0.2) is 0 Å². The van der Waals surface area contributed by atoms with Crippen molar-refractivity contribution >= 4 is 29.1 Å². The lowest BCUT2D eigenvalue weighted by Crippen LogP contribution is -2.42. The molecule has 0 radical (unpaired) electrons. The number of aliphatic hydroxyl groups is 1. The number of carbonyl (C=O) groups is 2. The first-order chi connectivity index (χ1) is 17.0. The van der Waals surface area contributed by atoms with Gasteiger partial charge in [0.15, 0.2) is 0 Å². The first kappa shape index (κ1) is 25.2. The summed E-state index contributed by atoms with van der Waals surface area (Å²) in [6.45, 7) is 6.58. The largest absolute Gasteiger partial charge is 0.507 e. The van der Waals surface area contributed by atoms with Gasteiger partial charge in [0.25, 0.3) is 11.7 Å². The minimum absolute atomic E-state index is 0.0824. The van der Waals surface area contributed by atoms with Crippen LogP contribution in [0, 0.1) is 0 Å². The van der Waals surface area contributed by atoms with Gasteiger partial charge in [0.05, 0.1) is 31.4 Å². The van der Waals surface area contributed by atoms with Crippen molar-refractivity contribution in [1.82, 2.24) is 9.80 Å². The number of ether oxygens (including phenoxy) is 2. The zero-order valence-corrected chi connectivity index (χ0v) is 20.7. The minimum Gasteiger partial charge on any atom is -0.507 e. The van der Waals surface area contributed by atoms with Crippen LogP contribution in [0.2, 0.25) is 5.02 Å². The van der Waals surface area contributed by atoms with Crippen LogP contribution in [0.25, 0.3) is 5.76 Å². The van der Waals surface area contributed by atoms with Gasteiger partial charge < -0.3 is 19.5 Å². The van der Waals surface area contributed by atoms with E-state index in [4.69, 9.17) is 21.1 Å². The van der Waals surface area contributed by atoms with Crippen molar-refractivity contribution in [3.05, 3.63) is 70.3 Å². The second-order valence-corrected chi connectivity index (χ2v) is 9.16. The minimum atomic E-state index is -0.698. The van der Waals surface area contributed by atoms with E-state index in [-0.39, 0.29) is 11.3 Å². The van der Waals surface area contributed by atoms with Crippen molar-refractivity contribution in [1.29, 1.82) is 0 Å². The molecule has 1 N–H and O–H groups in total. The smallest absolute Gasteiger partial charge is 0.295 e. The summed E-state index contributed by atoms with van der Waals surface area (Å²) in [5.41, 5.74) is 1.26. The van der Waals surface area contributed by atoms with Crippen LogP contribution in [0.4, 0.5) is 0 Å². The number of carbonyl (C=O) groups excluding carboxylic acids is 2. The summed E-state index contributed by atoms with van der Waals surface area (Å²) in [6, 6.07) is 13.3. The molecule has 8 heteroatoms. The molecule has 0 aliphatic carbocycles. The van der Waals surface area contributed by atoms with E-state index in [1.807, 2.05) is 24.3 Å². The van der Waals surface area contributed by atoms with Gasteiger partial charge in [0, 0.05) is 36.8 Å². The quantitative estimate of drug-likeness (QED) is 0.241. The average Bonchev–Trinajstić information content (AvgIpc) is 3.13. The number of benzene rings is 2. The zero-order valence-electron chi connectivity index (χ0n) is 19.9. The van der Waals surface area contributed by atoms with Gasteiger partial charge in [-0.3, -0.25) is 14.5 Å². The highest BCUT2D eigenvalue weighted by Crippen LogP contribution is 2.39. The summed E-state index contributed by atoms with van der Waals surface area (Å²) >= 11 is 6.00. The highest BCUT2D eigenvalue weighted by molar-refractivity contribution is 6.46. The molecule has 2 aromatic carbocycles. The first-order valence-corrected chi connectivity index (χ1v) is 12.4. The highest BCUT2D eigenvalue weighted by Gasteiger charge is 2.46. The molecular weight excluding hydrogens is 468 g/mol. The summed E-state index contributed by atoms with van der Waals surface area (Å²) in [5.74, 6) is -0.776. The summed E-state index contributed by atoms with van der Waals surface area (Å²) in [5, 5.41) is 11.7. The summed E-state index contributed by atoms with van der Waals surface area (Å²) in [4.78, 5) is 30.1. The van der Waals surface area contributed by atoms with E-state index in [9.17, 15) is 14.7 Å². The molecule has 2 aliphatic heterocycles. The Bertz CT molecular complexity index is 1060. The first-order valence-electron chi connectivity index (χ1n) is 12.1. The van der Waals surface area contributed by atoms with Crippen LogP contribution in [-0.2, 0) is 14.3 Å². The number of unbranched alkanes of at least 4 members (excludes halogenated alkanes) is 1. The zero-order chi connectivity index (χ0) is 24.8. The predicted molar refractivity (Wildman–Crippen MR) is 135 cm³/mol. The molecule has 7 nitrogen and oxygen atoms in total. The third-order valence-electron chi connectivity index (χ3n) is 6.38. The van der Waals surface area contributed by atoms with Crippen molar-refractivity contribution in [3.63, 3.8) is 0 Å². The molecular formula is C27H31ClN2O5. The van der Waals surface area contributed by atoms with Crippen LogP contribution >= 0.6 is 11.6 Å². The van der Waals surface area contributed by atoms with Crippen molar-refractivity contribution in [2.24, 2.45) is 0 Å². The van der Waals surface area contributed by atoms with E-state index < -0.39 is 17.7 Å². The summed E-state index contributed by atoms with van der Waals surface area (Å²) in [7, 11) is 0. The van der Waals surface area contributed by atoms with E-state index in [0.717, 1.165) is 37.2 Å². The predicted octanol–water partition coefficient (Wildman–Crippen LogP) is 4.27. The average molecular weight is 499 g/mol. The standard InChI is InChI=1S/C27H31ClN2O5/c1-2-3-16-35-22-10-6-19(7-11-22)24-23(25(31)20-4-8-21(28)9-5-20)26(32)27(33)30(24)13-12-29-14-17-34-18-15-29/h4-11,24,31H,2-3,12-18H2,1H3/t24-/m1/s1. The van der Waals surface area contributed by atoms with E-state index in [1.165, 1.54) is 0 Å². The van der Waals surface area contributed by atoms with Crippen LogP contribution < -0.4 is 4.74 Å². The molecule has 35 heavy (non-hydrogen) atoms. The fourth-order valence-electron chi connectivity index (χ4n) is 4.38. The Morgan fingerprint density at radius 3 is 2.40 bits per heavy atom. The van der Waals surface area contributed by atoms with E-state index in [2.05, 4.69) is 11.8 Å². The summed E-state index contributed by atoms with van der Waals surface area (Å²) in [6.07, 6.45) is 2.01. The maximum absolute atomic E-state index is 13.2. The molecule has 2 aromatic rings. The third-order valence-corrected chi connectivity index (χ3v) is 6.63. The van der Waals surface area contributed by atoms with Gasteiger partial charge in [-0.05, 0) is 48.4 Å². The van der Waals surface area contributed by atoms with Crippen LogP contribution in [0.3, 0.4) is 0 Å². The van der Waals surface area contributed by atoms with Gasteiger partial charge in [-0.15, -0.1) is 0 Å². The number of hydrogen-bond acceptors (Lipinski definition) is 6. The molecule has 0 unspecified atom stereocenters. The van der Waals surface area contributed by atoms with Crippen LogP contribution in [0.15, 0.2) is 54.1 Å². The number of aliphatic hydroxyl groups excluding tert-OH is 1. The molecule has 0 bridgehead atoms. The van der Waals surface area contributed by atoms with Gasteiger partial charge in [0.2, 0.25) is 0 Å². The lowest BCUT2D eigenvalue weighted by molar-refractivity contribution is -0.140. The van der Waals surface area contributed by atoms with Gasteiger partial charge in [-0.1, -0.05) is 37.1 Å². The second kappa shape index (κ2) is 11.7. The van der Waals surface area contributed by atoms with Crippen molar-refractivity contribution in [2.75, 3.05) is 46.0 Å². The molecule has 186 valence electrons. The molecule has 1 amide bonds. The SMILES string of the molecule is CCCCOc1ccc([C@@H]2C(=C(O)c3ccc(Cl)cc3)C(=O)C(=O)N2CCN2CCOCC2)cc1. The normalized spacial score (nSPS) is 20.4. The van der Waals surface area contributed by atoms with E-state index in [0.29, 0.717) is 43.5 Å². The Hall–Kier alpha value is -2.87. The Kier molecular flexibility index (Phi) is 8.44. The number of halogens is 1. The fourth-order valence-corrected chi connectivity index (χ4v) is 4.50. The van der Waals surface area contributed by atoms with Crippen LogP contribution in [-0.4, -0.2) is 72.6 Å². The molecule has 2 aliphatic rings. The number of nitrogens with zero attached hydrogens (tertiary/aromatic N) is 2. The lowest BCUT2D eigenvalue weighted by atomic mass is 9.95. The number of likely N-dealkylation sites (tertiary alicyclic amines) is 1. The van der Waals surface area contributed by atoms with Crippen LogP contribution in [0.1, 0.15) is 36.9 Å². The summed E-state index contributed by atoms with van der Waals surface area (Å²) < 4.78 is 11.2. The maximum atomic E-state index is 13.2. The molecule has 0 saturated carbocycles. The topological polar surface area (TPSA) is 79.3 Å². The monoisotopic (exact) mass is 498 g/mol. The number of morpholine rings is 1. The Morgan fingerprint density at radius 2 is 1.74 bits per heavy atom. The fraction of sp³-hybridized carbons (Fsp3) is 0.407. The lowest BCUT2D eigenvalue weighted by Gasteiger charge is -2.31. The van der Waals surface area contributed by atoms with E-state index in [1.54, 1.807) is 29.2 Å². The number of ketones is 1. The van der Waals surface area contributed by atoms with Gasteiger partial charge in [-0.2, -0.15) is 0 Å². The second-order valence-electron chi connectivity index (χ2n) is 8.72. The maximum Gasteiger partial charge on any atom is 0.295 e. The Balaban J connectivity index is 1.67. The Morgan fingerprint density at radius 1 is 1.06 bits per heavy atom. The molecule has 2 saturated heterocycles. The third kappa shape index (κ3) is 5.86. The molecule has 2 fully saturated rings. The van der Waals surface area contributed by atoms with Gasteiger partial charge in [0.1, 0.15) is 11.5 Å². The van der Waals surface area contributed by atoms with Crippen LogP contribution in [0.5, 0.6) is 5.75 Å². The molecule has 4 rings (SSSR count). The van der Waals surface area contributed by atoms with Crippen molar-refractivity contribution < 1.29 is 24.2 Å². The number of Topliss-reactive ketones (excluding diaryl/α,β-unsaturated/α-hetero) is 1. The molecule has 0 aromatic heterocycles. The molecule has 1 atom stereocenters. The molecule has 2 heterocycles. The van der Waals surface area contributed by atoms with Crippen molar-refractivity contribution in [2.45, 2.75) is 25.8 Å². The number of hydrogen-bond donors (Lipinski definition) is 1. The number of amides is 1. The van der Waals surface area contributed by atoms with E-state index >= 15 is 0 Å². The highest BCUT2D eigenvalue weighted by atomic mass is 35.5. The van der Waals surface area contributed by atoms with Gasteiger partial charge >= 0.3 is 0 Å². The van der Waals surface area contributed by atoms with Crippen molar-refractivity contribution in [3.8, 4) is 5.75 Å². The molecule has 0 spiro atoms.